The van der Waals surface area contributed by atoms with E-state index in [4.69, 9.17) is 10.5 Å². The smallest absolute Gasteiger partial charge is 0.248 e. The van der Waals surface area contributed by atoms with E-state index in [9.17, 15) is 4.79 Å². The molecule has 1 aliphatic rings. The Labute approximate surface area is 163 Å². The lowest BCUT2D eigenvalue weighted by Gasteiger charge is -2.28. The number of carbonyl (C=O) groups is 1. The number of primary amides is 1. The lowest BCUT2D eigenvalue weighted by atomic mass is 9.94. The predicted molar refractivity (Wildman–Crippen MR) is 107 cm³/mol. The SMILES string of the molecule is CCCOc1ccccc1C1C(C(N)=O)=C(C)Nc2nc(SCCC)nn21. The van der Waals surface area contributed by atoms with Crippen molar-refractivity contribution in [3.05, 3.63) is 41.1 Å². The fraction of sp³-hybridized carbons (Fsp3) is 0.421. The number of nitrogens with one attached hydrogen (secondary N) is 1. The molecule has 3 N–H and O–H groups in total. The first-order valence-electron chi connectivity index (χ1n) is 9.15. The number of thioether (sulfide) groups is 1. The minimum absolute atomic E-state index is 0.465. The third-order valence-electron chi connectivity index (χ3n) is 4.21. The molecule has 0 spiro atoms. The summed E-state index contributed by atoms with van der Waals surface area (Å²) in [5, 5.41) is 8.48. The third kappa shape index (κ3) is 3.95. The van der Waals surface area contributed by atoms with Crippen LogP contribution in [-0.2, 0) is 4.79 Å². The molecule has 0 aliphatic carbocycles. The van der Waals surface area contributed by atoms with Crippen molar-refractivity contribution in [2.75, 3.05) is 17.7 Å². The molecule has 0 saturated carbocycles. The average molecular weight is 388 g/mol. The number of para-hydroxylation sites is 1. The fourth-order valence-electron chi connectivity index (χ4n) is 3.04. The number of benzene rings is 1. The van der Waals surface area contributed by atoms with E-state index >= 15 is 0 Å². The summed E-state index contributed by atoms with van der Waals surface area (Å²) in [7, 11) is 0. The van der Waals surface area contributed by atoms with Gasteiger partial charge in [-0.05, 0) is 25.8 Å². The van der Waals surface area contributed by atoms with Gasteiger partial charge in [0.05, 0.1) is 12.2 Å². The van der Waals surface area contributed by atoms with E-state index < -0.39 is 11.9 Å². The zero-order chi connectivity index (χ0) is 19.4. The monoisotopic (exact) mass is 387 g/mol. The van der Waals surface area contributed by atoms with Crippen LogP contribution < -0.4 is 15.8 Å². The van der Waals surface area contributed by atoms with Gasteiger partial charge in [-0.15, -0.1) is 5.10 Å². The standard InChI is InChI=1S/C19H25N5O2S/c1-4-10-26-14-9-7-6-8-13(14)16-15(17(20)25)12(3)21-18-22-19(23-24(16)18)27-11-5-2/h6-9,16H,4-5,10-11H2,1-3H3,(H2,20,25)(H,21,22,23). The summed E-state index contributed by atoms with van der Waals surface area (Å²) in [6.07, 6.45) is 1.92. The van der Waals surface area contributed by atoms with Gasteiger partial charge in [0, 0.05) is 17.0 Å². The van der Waals surface area contributed by atoms with Gasteiger partial charge in [-0.2, -0.15) is 4.98 Å². The van der Waals surface area contributed by atoms with Crippen LogP contribution in [0.4, 0.5) is 5.95 Å². The Balaban J connectivity index is 2.11. The molecule has 144 valence electrons. The molecule has 1 atom stereocenters. The van der Waals surface area contributed by atoms with Crippen LogP contribution in [0.3, 0.4) is 0 Å². The number of nitrogens with two attached hydrogens (primary N) is 1. The van der Waals surface area contributed by atoms with E-state index in [1.165, 1.54) is 0 Å². The summed E-state index contributed by atoms with van der Waals surface area (Å²) < 4.78 is 7.66. The first-order chi connectivity index (χ1) is 13.1. The Bertz CT molecular complexity index is 862. The van der Waals surface area contributed by atoms with Crippen LogP contribution in [0.5, 0.6) is 5.75 Å². The van der Waals surface area contributed by atoms with Crippen molar-refractivity contribution < 1.29 is 9.53 Å². The zero-order valence-electron chi connectivity index (χ0n) is 15.9. The van der Waals surface area contributed by atoms with Gasteiger partial charge in [0.2, 0.25) is 17.0 Å². The van der Waals surface area contributed by atoms with Crippen LogP contribution in [0.15, 0.2) is 40.7 Å². The van der Waals surface area contributed by atoms with Gasteiger partial charge in [-0.1, -0.05) is 43.8 Å². The Morgan fingerprint density at radius 1 is 1.33 bits per heavy atom. The van der Waals surface area contributed by atoms with Crippen molar-refractivity contribution in [2.45, 2.75) is 44.8 Å². The van der Waals surface area contributed by atoms with E-state index in [1.54, 1.807) is 16.4 Å². The van der Waals surface area contributed by atoms with Crippen molar-refractivity contribution in [1.82, 2.24) is 14.8 Å². The van der Waals surface area contributed by atoms with E-state index in [0.717, 1.165) is 29.9 Å². The van der Waals surface area contributed by atoms with Crippen molar-refractivity contribution in [3.8, 4) is 5.75 Å². The molecule has 8 heteroatoms. The minimum atomic E-state index is -0.487. The summed E-state index contributed by atoms with van der Waals surface area (Å²) in [4.78, 5) is 16.9. The molecule has 3 rings (SSSR count). The van der Waals surface area contributed by atoms with Gasteiger partial charge in [0.1, 0.15) is 11.8 Å². The maximum Gasteiger partial charge on any atom is 0.248 e. The molecule has 1 unspecified atom stereocenters. The minimum Gasteiger partial charge on any atom is -0.493 e. The normalized spacial score (nSPS) is 16.0. The average Bonchev–Trinajstić information content (AvgIpc) is 3.05. The van der Waals surface area contributed by atoms with Crippen LogP contribution in [0, 0.1) is 0 Å². The van der Waals surface area contributed by atoms with Crippen LogP contribution >= 0.6 is 11.8 Å². The van der Waals surface area contributed by atoms with Gasteiger partial charge in [0.25, 0.3) is 0 Å². The predicted octanol–water partition coefficient (Wildman–Crippen LogP) is 3.34. The highest BCUT2D eigenvalue weighted by atomic mass is 32.2. The van der Waals surface area contributed by atoms with Crippen LogP contribution in [0.25, 0.3) is 0 Å². The lowest BCUT2D eigenvalue weighted by molar-refractivity contribution is -0.115. The number of nitrogens with zero attached hydrogens (tertiary/aromatic N) is 3. The van der Waals surface area contributed by atoms with Gasteiger partial charge in [0.15, 0.2) is 0 Å². The Kier molecular flexibility index (Phi) is 6.05. The number of allylic oxidation sites excluding steroid dienone is 1. The van der Waals surface area contributed by atoms with Gasteiger partial charge in [-0.3, -0.25) is 4.79 Å². The van der Waals surface area contributed by atoms with Crippen LogP contribution in [-0.4, -0.2) is 33.0 Å². The largest absolute Gasteiger partial charge is 0.493 e. The molecule has 0 fully saturated rings. The first-order valence-corrected chi connectivity index (χ1v) is 10.1. The van der Waals surface area contributed by atoms with E-state index in [2.05, 4.69) is 29.2 Å². The zero-order valence-corrected chi connectivity index (χ0v) is 16.7. The number of carbonyl (C=O) groups excluding carboxylic acids is 1. The number of fused-ring (bicyclic) bond motifs is 1. The molecular weight excluding hydrogens is 362 g/mol. The summed E-state index contributed by atoms with van der Waals surface area (Å²) in [6, 6.07) is 7.22. The van der Waals surface area contributed by atoms with Crippen molar-refractivity contribution in [1.29, 1.82) is 0 Å². The number of hydrogen-bond donors (Lipinski definition) is 2. The molecule has 0 radical (unpaired) electrons. The van der Waals surface area contributed by atoms with E-state index in [1.807, 2.05) is 31.2 Å². The maximum absolute atomic E-state index is 12.3. The molecule has 2 aromatic rings. The summed E-state index contributed by atoms with van der Waals surface area (Å²) in [5.74, 6) is 1.77. The Morgan fingerprint density at radius 3 is 2.81 bits per heavy atom. The molecule has 1 amide bonds. The molecule has 27 heavy (non-hydrogen) atoms. The molecule has 1 aliphatic heterocycles. The molecule has 1 aromatic heterocycles. The summed E-state index contributed by atoms with van der Waals surface area (Å²) >= 11 is 1.59. The number of anilines is 1. The topological polar surface area (TPSA) is 95.1 Å². The highest BCUT2D eigenvalue weighted by molar-refractivity contribution is 7.99. The van der Waals surface area contributed by atoms with Crippen molar-refractivity contribution in [2.24, 2.45) is 5.73 Å². The lowest BCUT2D eigenvalue weighted by Crippen LogP contribution is -2.32. The third-order valence-corrected chi connectivity index (χ3v) is 5.25. The summed E-state index contributed by atoms with van der Waals surface area (Å²) in [5.41, 5.74) is 7.73. The molecule has 1 aromatic carbocycles. The first kappa shape index (κ1) is 19.3. The van der Waals surface area contributed by atoms with Gasteiger partial charge >= 0.3 is 0 Å². The van der Waals surface area contributed by atoms with Gasteiger partial charge in [-0.25, -0.2) is 4.68 Å². The second-order valence-corrected chi connectivity index (χ2v) is 7.39. The second-order valence-electron chi connectivity index (χ2n) is 6.33. The number of hydrogen-bond acceptors (Lipinski definition) is 6. The number of amides is 1. The molecule has 0 saturated heterocycles. The Morgan fingerprint density at radius 2 is 2.11 bits per heavy atom. The molecule has 0 bridgehead atoms. The highest BCUT2D eigenvalue weighted by Gasteiger charge is 2.34. The van der Waals surface area contributed by atoms with Crippen LogP contribution in [0.1, 0.15) is 45.2 Å². The second kappa shape index (κ2) is 8.47. The number of rotatable bonds is 8. The van der Waals surface area contributed by atoms with Crippen molar-refractivity contribution >= 4 is 23.6 Å². The molecule has 7 nitrogen and oxygen atoms in total. The molecular formula is C19H25N5O2S. The van der Waals surface area contributed by atoms with E-state index in [-0.39, 0.29) is 0 Å². The highest BCUT2D eigenvalue weighted by Crippen LogP contribution is 2.39. The fourth-order valence-corrected chi connectivity index (χ4v) is 3.73. The maximum atomic E-state index is 12.3. The number of aromatic nitrogens is 3. The molecule has 2 heterocycles. The quantitative estimate of drug-likeness (QED) is 0.675. The van der Waals surface area contributed by atoms with Gasteiger partial charge < -0.3 is 15.8 Å². The summed E-state index contributed by atoms with van der Waals surface area (Å²) in [6.45, 7) is 6.60. The Hall–Kier alpha value is -2.48. The number of ether oxygens (including phenoxy) is 1. The van der Waals surface area contributed by atoms with Crippen molar-refractivity contribution in [3.63, 3.8) is 0 Å². The van der Waals surface area contributed by atoms with E-state index in [0.29, 0.717) is 29.0 Å². The van der Waals surface area contributed by atoms with Crippen LogP contribution in [0.2, 0.25) is 0 Å².